The summed E-state index contributed by atoms with van der Waals surface area (Å²) in [6.45, 7) is 5.28. The van der Waals surface area contributed by atoms with E-state index in [1.807, 2.05) is 11.9 Å². The first-order chi connectivity index (χ1) is 17.8. The number of rotatable bonds is 11. The van der Waals surface area contributed by atoms with Gasteiger partial charge in [0.2, 0.25) is 5.91 Å². The molecule has 0 spiro atoms. The molecule has 0 aliphatic heterocycles. The highest BCUT2D eigenvalue weighted by Crippen LogP contribution is 2.12. The molecule has 2 rings (SSSR count). The predicted molar refractivity (Wildman–Crippen MR) is 139 cm³/mol. The molecule has 206 valence electrons. The fraction of sp³-hybridized carbons (Fsp3) is 0.458. The van der Waals surface area contributed by atoms with Crippen molar-refractivity contribution in [3.8, 4) is 6.07 Å². The summed E-state index contributed by atoms with van der Waals surface area (Å²) in [6, 6.07) is 6.46. The molecule has 38 heavy (non-hydrogen) atoms. The molecule has 0 aromatic carbocycles. The van der Waals surface area contributed by atoms with Gasteiger partial charge in [0, 0.05) is 12.7 Å². The van der Waals surface area contributed by atoms with E-state index >= 15 is 0 Å². The fourth-order valence-corrected chi connectivity index (χ4v) is 4.25. The van der Waals surface area contributed by atoms with Gasteiger partial charge in [-0.3, -0.25) is 23.9 Å². The van der Waals surface area contributed by atoms with Gasteiger partial charge in [-0.15, -0.1) is 11.3 Å². The maximum absolute atomic E-state index is 12.8. The summed E-state index contributed by atoms with van der Waals surface area (Å²) in [7, 11) is 1.86. The number of halogens is 3. The molecular formula is C24H30F3N7O3S. The van der Waals surface area contributed by atoms with Gasteiger partial charge in [0.1, 0.15) is 33.4 Å². The third-order valence-electron chi connectivity index (χ3n) is 5.10. The Morgan fingerprint density at radius 3 is 2.58 bits per heavy atom. The maximum Gasteiger partial charge on any atom is 0.405 e. The molecule has 0 atom stereocenters. The van der Waals surface area contributed by atoms with E-state index in [-0.39, 0.29) is 28.2 Å². The number of carbonyl (C=O) groups excluding carboxylic acids is 2. The van der Waals surface area contributed by atoms with E-state index in [9.17, 15) is 32.8 Å². The van der Waals surface area contributed by atoms with Crippen LogP contribution >= 0.6 is 11.3 Å². The van der Waals surface area contributed by atoms with Crippen molar-refractivity contribution in [2.45, 2.75) is 39.9 Å². The molecule has 10 nitrogen and oxygen atoms in total. The van der Waals surface area contributed by atoms with Crippen LogP contribution in [0, 0.1) is 17.2 Å². The van der Waals surface area contributed by atoms with Crippen LogP contribution in [0.5, 0.6) is 0 Å². The number of nitriles is 1. The van der Waals surface area contributed by atoms with Crippen molar-refractivity contribution in [3.63, 3.8) is 0 Å². The Morgan fingerprint density at radius 2 is 1.97 bits per heavy atom. The molecule has 0 saturated heterocycles. The molecule has 14 heteroatoms. The third-order valence-corrected chi connectivity index (χ3v) is 6.23. The lowest BCUT2D eigenvalue weighted by Crippen LogP contribution is -2.37. The highest BCUT2D eigenvalue weighted by Gasteiger charge is 2.28. The second-order valence-corrected chi connectivity index (χ2v) is 9.80. The Kier molecular flexibility index (Phi) is 11.0. The summed E-state index contributed by atoms with van der Waals surface area (Å²) in [5.74, 6) is -0.335. The summed E-state index contributed by atoms with van der Waals surface area (Å²) in [5.41, 5.74) is -1.13. The highest BCUT2D eigenvalue weighted by molar-refractivity contribution is 7.07. The first kappa shape index (κ1) is 30.5. The fourth-order valence-electron chi connectivity index (χ4n) is 3.17. The molecule has 2 aromatic rings. The van der Waals surface area contributed by atoms with Gasteiger partial charge in [0.15, 0.2) is 5.57 Å². The lowest BCUT2D eigenvalue weighted by Gasteiger charge is -2.17. The number of amides is 2. The number of likely N-dealkylation sites (N-methyl/N-ethyl adjacent to an activating group) is 1. The molecule has 0 aliphatic carbocycles. The zero-order valence-electron chi connectivity index (χ0n) is 21.5. The topological polar surface area (TPSA) is 132 Å². The monoisotopic (exact) mass is 553 g/mol. The van der Waals surface area contributed by atoms with Crippen LogP contribution in [0.3, 0.4) is 0 Å². The molecule has 2 amide bonds. The van der Waals surface area contributed by atoms with Crippen molar-refractivity contribution >= 4 is 46.6 Å². The number of hydrogen-bond donors (Lipinski definition) is 3. The second-order valence-electron chi connectivity index (χ2n) is 8.77. The number of nitrogens with zero attached hydrogens (tertiary/aromatic N) is 4. The van der Waals surface area contributed by atoms with Crippen molar-refractivity contribution < 1.29 is 22.8 Å². The first-order valence-electron chi connectivity index (χ1n) is 11.8. The Bertz CT molecular complexity index is 1360. The number of carbonyl (C=O) groups is 2. The van der Waals surface area contributed by atoms with Crippen LogP contribution in [-0.4, -0.2) is 59.1 Å². The van der Waals surface area contributed by atoms with Gasteiger partial charge in [-0.05, 0) is 45.0 Å². The molecule has 3 N–H and O–H groups in total. The summed E-state index contributed by atoms with van der Waals surface area (Å²) in [6.07, 6.45) is -2.37. The van der Waals surface area contributed by atoms with E-state index in [1.54, 1.807) is 36.5 Å². The van der Waals surface area contributed by atoms with E-state index in [4.69, 9.17) is 0 Å². The molecular weight excluding hydrogens is 523 g/mol. The van der Waals surface area contributed by atoms with Crippen LogP contribution in [0.4, 0.5) is 24.8 Å². The van der Waals surface area contributed by atoms with Gasteiger partial charge in [-0.25, -0.2) is 4.98 Å². The third kappa shape index (κ3) is 9.31. The van der Waals surface area contributed by atoms with Gasteiger partial charge < -0.3 is 16.0 Å². The van der Waals surface area contributed by atoms with Crippen molar-refractivity contribution in [3.05, 3.63) is 37.7 Å². The number of thiazole rings is 1. The van der Waals surface area contributed by atoms with Crippen molar-refractivity contribution in [2.75, 3.05) is 37.3 Å². The summed E-state index contributed by atoms with van der Waals surface area (Å²) >= 11 is 0.780. The van der Waals surface area contributed by atoms with E-state index in [2.05, 4.69) is 29.5 Å². The molecule has 2 aromatic heterocycles. The maximum atomic E-state index is 12.8. The standard InChI is InChI=1S/C24H30F3N7O3S/c1-5-34-22(37)17(38-23(34)16(11-28)21(36)30-14-24(25,26)27)12-29-18-7-6-8-19(31-18)32-20(35)13-33(4)10-9-15(2)3/h6-8,12,15H,5,9-10,13-14H2,1-4H3,(H,30,36)(H2,29,31,32,35)/b17-12+,23-16-. The first-order valence-corrected chi connectivity index (χ1v) is 12.6. The van der Waals surface area contributed by atoms with E-state index in [0.717, 1.165) is 28.9 Å². The molecule has 0 fully saturated rings. The van der Waals surface area contributed by atoms with Crippen LogP contribution in [0.15, 0.2) is 23.0 Å². The van der Waals surface area contributed by atoms with E-state index in [1.165, 1.54) is 6.20 Å². The average Bonchev–Trinajstić information content (AvgIpc) is 3.15. The molecule has 0 unspecified atom stereocenters. The average molecular weight is 554 g/mol. The van der Waals surface area contributed by atoms with Gasteiger partial charge in [0.05, 0.1) is 6.54 Å². The van der Waals surface area contributed by atoms with Gasteiger partial charge in [-0.2, -0.15) is 18.4 Å². The van der Waals surface area contributed by atoms with E-state index in [0.29, 0.717) is 17.6 Å². The molecule has 0 saturated carbocycles. The number of anilines is 2. The Balaban J connectivity index is 2.24. The number of nitrogens with one attached hydrogen (secondary N) is 3. The number of hydrogen-bond acceptors (Lipinski definition) is 8. The summed E-state index contributed by atoms with van der Waals surface area (Å²) in [5, 5.41) is 16.6. The van der Waals surface area contributed by atoms with Crippen molar-refractivity contribution in [2.24, 2.45) is 5.92 Å². The molecule has 2 heterocycles. The van der Waals surface area contributed by atoms with Crippen molar-refractivity contribution in [1.29, 1.82) is 5.26 Å². The SMILES string of the molecule is CCn1c(=O)/c(=C\Nc2cccc(NC(=O)CN(C)CCC(C)C)n2)s/c1=C(/C#N)C(=O)NCC(F)(F)F. The highest BCUT2D eigenvalue weighted by atomic mass is 32.1. The number of aromatic nitrogens is 2. The molecule has 0 bridgehead atoms. The quantitative estimate of drug-likeness (QED) is 0.384. The van der Waals surface area contributed by atoms with Gasteiger partial charge >= 0.3 is 6.18 Å². The van der Waals surface area contributed by atoms with E-state index < -0.39 is 29.8 Å². The minimum Gasteiger partial charge on any atom is -0.345 e. The Labute approximate surface area is 221 Å². The lowest BCUT2D eigenvalue weighted by molar-refractivity contribution is -0.135. The second kappa shape index (κ2) is 13.7. The molecule has 0 aliphatic rings. The van der Waals surface area contributed by atoms with Crippen LogP contribution in [0.1, 0.15) is 27.2 Å². The Hall–Kier alpha value is -3.70. The van der Waals surface area contributed by atoms with Gasteiger partial charge in [0.25, 0.3) is 11.5 Å². The summed E-state index contributed by atoms with van der Waals surface area (Å²) in [4.78, 5) is 43.5. The largest absolute Gasteiger partial charge is 0.405 e. The normalized spacial score (nSPS) is 12.9. The lowest BCUT2D eigenvalue weighted by atomic mass is 10.1. The Morgan fingerprint density at radius 1 is 1.29 bits per heavy atom. The van der Waals surface area contributed by atoms with Crippen LogP contribution in [0.2, 0.25) is 0 Å². The minimum atomic E-state index is -4.65. The number of pyridine rings is 1. The van der Waals surface area contributed by atoms with Gasteiger partial charge in [-0.1, -0.05) is 19.9 Å². The smallest absolute Gasteiger partial charge is 0.345 e. The molecule has 0 radical (unpaired) electrons. The van der Waals surface area contributed by atoms with Crippen molar-refractivity contribution in [1.82, 2.24) is 19.8 Å². The number of alkyl halides is 3. The predicted octanol–water partition coefficient (Wildman–Crippen LogP) is 1.44. The van der Waals surface area contributed by atoms with Crippen LogP contribution < -0.4 is 30.7 Å². The van der Waals surface area contributed by atoms with Crippen LogP contribution in [-0.2, 0) is 16.1 Å². The minimum absolute atomic E-state index is 0.0664. The van der Waals surface area contributed by atoms with Crippen LogP contribution in [0.25, 0.3) is 11.8 Å². The summed E-state index contributed by atoms with van der Waals surface area (Å²) < 4.78 is 38.6. The zero-order chi connectivity index (χ0) is 28.5. The zero-order valence-corrected chi connectivity index (χ0v) is 22.3.